The van der Waals surface area contributed by atoms with Crippen LogP contribution in [0, 0.1) is 0 Å². The van der Waals surface area contributed by atoms with Gasteiger partial charge in [0.05, 0.1) is 16.1 Å². The van der Waals surface area contributed by atoms with Crippen molar-refractivity contribution in [3.05, 3.63) is 41.0 Å². The van der Waals surface area contributed by atoms with Crippen LogP contribution in [0.1, 0.15) is 10.4 Å². The number of rotatable bonds is 3. The van der Waals surface area contributed by atoms with Crippen LogP contribution in [0.15, 0.2) is 30.5 Å². The number of fused-ring (bicyclic) bond motifs is 1. The Morgan fingerprint density at radius 3 is 3.06 bits per heavy atom. The number of hydrogen-bond acceptors (Lipinski definition) is 3. The third-order valence-electron chi connectivity index (χ3n) is 2.35. The van der Waals surface area contributed by atoms with E-state index in [1.54, 1.807) is 12.1 Å². The first-order chi connectivity index (χ1) is 8.22. The van der Waals surface area contributed by atoms with Crippen LogP contribution in [0.4, 0.5) is 0 Å². The molecule has 0 spiro atoms. The predicted octanol–water partition coefficient (Wildman–Crippen LogP) is 1.58. The number of nitrogens with zero attached hydrogens (tertiary/aromatic N) is 1. The molecule has 0 aliphatic heterocycles. The molecule has 0 radical (unpaired) electrons. The van der Waals surface area contributed by atoms with Crippen LogP contribution in [0.25, 0.3) is 10.9 Å². The maximum Gasteiger partial charge on any atom is 0.252 e. The van der Waals surface area contributed by atoms with Gasteiger partial charge < -0.3 is 11.1 Å². The minimum atomic E-state index is -0.176. The molecule has 0 saturated carbocycles. The number of halogens is 1. The van der Waals surface area contributed by atoms with E-state index in [2.05, 4.69) is 10.3 Å². The van der Waals surface area contributed by atoms with Gasteiger partial charge in [-0.05, 0) is 12.1 Å². The molecule has 2 aromatic rings. The fourth-order valence-electron chi connectivity index (χ4n) is 1.54. The predicted molar refractivity (Wildman–Crippen MR) is 68.1 cm³/mol. The van der Waals surface area contributed by atoms with Crippen molar-refractivity contribution in [1.29, 1.82) is 0 Å². The number of nitrogens with two attached hydrogens (primary N) is 1. The van der Waals surface area contributed by atoms with Gasteiger partial charge >= 0.3 is 0 Å². The molecule has 1 heterocycles. The third-order valence-corrected chi connectivity index (χ3v) is 2.66. The van der Waals surface area contributed by atoms with Crippen LogP contribution >= 0.6 is 11.6 Å². The lowest BCUT2D eigenvalue weighted by Gasteiger charge is -2.05. The number of para-hydroxylation sites is 1. The van der Waals surface area contributed by atoms with Gasteiger partial charge in [-0.2, -0.15) is 0 Å². The van der Waals surface area contributed by atoms with Gasteiger partial charge in [0.1, 0.15) is 0 Å². The second-order valence-electron chi connectivity index (χ2n) is 3.58. The second kappa shape index (κ2) is 5.12. The Labute approximate surface area is 104 Å². The minimum Gasteiger partial charge on any atom is -0.351 e. The molecule has 0 unspecified atom stereocenters. The van der Waals surface area contributed by atoms with Crippen LogP contribution in [-0.4, -0.2) is 24.0 Å². The molecule has 2 rings (SSSR count). The maximum absolute atomic E-state index is 11.7. The molecule has 1 aromatic carbocycles. The molecule has 0 saturated heterocycles. The van der Waals surface area contributed by atoms with Gasteiger partial charge in [0.15, 0.2) is 0 Å². The Hall–Kier alpha value is -1.65. The van der Waals surface area contributed by atoms with E-state index in [-0.39, 0.29) is 5.91 Å². The van der Waals surface area contributed by atoms with Gasteiger partial charge in [0.2, 0.25) is 0 Å². The molecule has 88 valence electrons. The summed E-state index contributed by atoms with van der Waals surface area (Å²) in [4.78, 5) is 15.9. The van der Waals surface area contributed by atoms with E-state index in [4.69, 9.17) is 17.3 Å². The first-order valence-corrected chi connectivity index (χ1v) is 5.62. The molecule has 0 atom stereocenters. The molecule has 0 bridgehead atoms. The highest BCUT2D eigenvalue weighted by Gasteiger charge is 2.07. The SMILES string of the molecule is NCCNC(=O)c1cnc2c(Cl)cccc2c1. The molecule has 0 aliphatic rings. The standard InChI is InChI=1S/C12H12ClN3O/c13-10-3-1-2-8-6-9(7-16-11(8)10)12(17)15-5-4-14/h1-3,6-7H,4-5,14H2,(H,15,17). The average molecular weight is 250 g/mol. The van der Waals surface area contributed by atoms with Gasteiger partial charge in [0.25, 0.3) is 5.91 Å². The van der Waals surface area contributed by atoms with Crippen molar-refractivity contribution in [2.24, 2.45) is 5.73 Å². The zero-order chi connectivity index (χ0) is 12.3. The third kappa shape index (κ3) is 2.54. The Bertz CT molecular complexity index is 556. The summed E-state index contributed by atoms with van der Waals surface area (Å²) in [6, 6.07) is 7.23. The van der Waals surface area contributed by atoms with Crippen LogP contribution in [0.3, 0.4) is 0 Å². The summed E-state index contributed by atoms with van der Waals surface area (Å²) >= 11 is 5.99. The highest BCUT2D eigenvalue weighted by atomic mass is 35.5. The Balaban J connectivity index is 2.35. The number of amides is 1. The molecule has 3 N–H and O–H groups in total. The molecule has 5 heteroatoms. The smallest absolute Gasteiger partial charge is 0.252 e. The molecule has 1 aromatic heterocycles. The molecular weight excluding hydrogens is 238 g/mol. The van der Waals surface area contributed by atoms with E-state index in [0.717, 1.165) is 5.39 Å². The average Bonchev–Trinajstić information content (AvgIpc) is 2.36. The number of carbonyl (C=O) groups is 1. The largest absolute Gasteiger partial charge is 0.351 e. The number of nitrogens with one attached hydrogen (secondary N) is 1. The summed E-state index contributed by atoms with van der Waals surface area (Å²) in [5.41, 5.74) is 6.52. The van der Waals surface area contributed by atoms with Crippen molar-refractivity contribution in [3.63, 3.8) is 0 Å². The Kier molecular flexibility index (Phi) is 3.56. The summed E-state index contributed by atoms with van der Waals surface area (Å²) in [6.07, 6.45) is 1.51. The number of aromatic nitrogens is 1. The van der Waals surface area contributed by atoms with Crippen LogP contribution < -0.4 is 11.1 Å². The zero-order valence-corrected chi connectivity index (χ0v) is 9.87. The van der Waals surface area contributed by atoms with Crippen molar-refractivity contribution in [2.75, 3.05) is 13.1 Å². The van der Waals surface area contributed by atoms with E-state index in [1.807, 2.05) is 12.1 Å². The first-order valence-electron chi connectivity index (χ1n) is 5.25. The molecular formula is C12H12ClN3O. The first kappa shape index (κ1) is 11.8. The second-order valence-corrected chi connectivity index (χ2v) is 3.99. The molecule has 4 nitrogen and oxygen atoms in total. The van der Waals surface area contributed by atoms with Crippen LogP contribution in [0.2, 0.25) is 5.02 Å². The minimum absolute atomic E-state index is 0.176. The number of pyridine rings is 1. The lowest BCUT2D eigenvalue weighted by atomic mass is 10.1. The normalized spacial score (nSPS) is 10.5. The summed E-state index contributed by atoms with van der Waals surface area (Å²) < 4.78 is 0. The van der Waals surface area contributed by atoms with E-state index in [1.165, 1.54) is 6.20 Å². The highest BCUT2D eigenvalue weighted by molar-refractivity contribution is 6.35. The summed E-state index contributed by atoms with van der Waals surface area (Å²) in [5, 5.41) is 4.12. The van der Waals surface area contributed by atoms with Gasteiger partial charge in [-0.25, -0.2) is 0 Å². The molecule has 0 aliphatic carbocycles. The van der Waals surface area contributed by atoms with Gasteiger partial charge in [-0.3, -0.25) is 9.78 Å². The molecule has 17 heavy (non-hydrogen) atoms. The Morgan fingerprint density at radius 1 is 1.47 bits per heavy atom. The van der Waals surface area contributed by atoms with Gasteiger partial charge in [0, 0.05) is 24.7 Å². The fourth-order valence-corrected chi connectivity index (χ4v) is 1.77. The Morgan fingerprint density at radius 2 is 2.29 bits per heavy atom. The zero-order valence-electron chi connectivity index (χ0n) is 9.11. The van der Waals surface area contributed by atoms with Crippen molar-refractivity contribution in [1.82, 2.24) is 10.3 Å². The van der Waals surface area contributed by atoms with E-state index < -0.39 is 0 Å². The number of benzene rings is 1. The molecule has 0 fully saturated rings. The summed E-state index contributed by atoms with van der Waals surface area (Å²) in [5.74, 6) is -0.176. The van der Waals surface area contributed by atoms with E-state index in [0.29, 0.717) is 29.2 Å². The lowest BCUT2D eigenvalue weighted by Crippen LogP contribution is -2.29. The van der Waals surface area contributed by atoms with Crippen molar-refractivity contribution in [3.8, 4) is 0 Å². The summed E-state index contributed by atoms with van der Waals surface area (Å²) in [6.45, 7) is 0.866. The monoisotopic (exact) mass is 249 g/mol. The quantitative estimate of drug-likeness (QED) is 0.868. The fraction of sp³-hybridized carbons (Fsp3) is 0.167. The van der Waals surface area contributed by atoms with Gasteiger partial charge in [-0.1, -0.05) is 23.7 Å². The van der Waals surface area contributed by atoms with Crippen molar-refractivity contribution < 1.29 is 4.79 Å². The molecule has 1 amide bonds. The maximum atomic E-state index is 11.7. The van der Waals surface area contributed by atoms with E-state index in [9.17, 15) is 4.79 Å². The highest BCUT2D eigenvalue weighted by Crippen LogP contribution is 2.21. The van der Waals surface area contributed by atoms with Gasteiger partial charge in [-0.15, -0.1) is 0 Å². The van der Waals surface area contributed by atoms with Crippen molar-refractivity contribution in [2.45, 2.75) is 0 Å². The van der Waals surface area contributed by atoms with Crippen molar-refractivity contribution >= 4 is 28.4 Å². The summed E-state index contributed by atoms with van der Waals surface area (Å²) in [7, 11) is 0. The van der Waals surface area contributed by atoms with Crippen LogP contribution in [0.5, 0.6) is 0 Å². The topological polar surface area (TPSA) is 68.0 Å². The van der Waals surface area contributed by atoms with E-state index >= 15 is 0 Å². The number of carbonyl (C=O) groups excluding carboxylic acids is 1. The van der Waals surface area contributed by atoms with Crippen LogP contribution in [-0.2, 0) is 0 Å². The number of hydrogen-bond donors (Lipinski definition) is 2. The lowest BCUT2D eigenvalue weighted by molar-refractivity contribution is 0.0954.